The van der Waals surface area contributed by atoms with Crippen molar-refractivity contribution in [1.29, 1.82) is 0 Å². The lowest BCUT2D eigenvalue weighted by atomic mass is 10.0. The highest BCUT2D eigenvalue weighted by atomic mass is 16.5. The average molecular weight is 253 g/mol. The first-order valence-corrected chi connectivity index (χ1v) is 5.69. The molecule has 5 heteroatoms. The van der Waals surface area contributed by atoms with Crippen LogP contribution >= 0.6 is 0 Å². The first-order valence-electron chi connectivity index (χ1n) is 5.69. The summed E-state index contributed by atoms with van der Waals surface area (Å²) in [4.78, 5) is 11.8. The van der Waals surface area contributed by atoms with Crippen molar-refractivity contribution in [3.05, 3.63) is 29.8 Å². The van der Waals surface area contributed by atoms with Crippen molar-refractivity contribution < 1.29 is 19.7 Å². The molecule has 18 heavy (non-hydrogen) atoms. The molecule has 0 bridgehead atoms. The van der Waals surface area contributed by atoms with Crippen molar-refractivity contribution in [2.24, 2.45) is 0 Å². The van der Waals surface area contributed by atoms with Crippen LogP contribution in [-0.4, -0.2) is 42.0 Å². The minimum atomic E-state index is -1.00. The topological polar surface area (TPSA) is 78.8 Å². The van der Waals surface area contributed by atoms with E-state index in [1.807, 2.05) is 12.1 Å². The Labute approximate surface area is 106 Å². The normalized spacial score (nSPS) is 11.1. The number of amides is 1. The van der Waals surface area contributed by atoms with Crippen molar-refractivity contribution in [2.45, 2.75) is 18.9 Å². The molecule has 0 saturated carbocycles. The van der Waals surface area contributed by atoms with Gasteiger partial charge in [-0.3, -0.25) is 4.79 Å². The third kappa shape index (κ3) is 3.72. The van der Waals surface area contributed by atoms with E-state index in [-0.39, 0.29) is 25.5 Å². The van der Waals surface area contributed by atoms with E-state index in [1.54, 1.807) is 26.2 Å². The Morgan fingerprint density at radius 3 is 2.50 bits per heavy atom. The highest BCUT2D eigenvalue weighted by Gasteiger charge is 2.24. The van der Waals surface area contributed by atoms with Gasteiger partial charge in [-0.15, -0.1) is 0 Å². The molecule has 0 saturated heterocycles. The van der Waals surface area contributed by atoms with E-state index < -0.39 is 5.54 Å². The second-order valence-corrected chi connectivity index (χ2v) is 4.41. The van der Waals surface area contributed by atoms with Crippen LogP contribution in [0.3, 0.4) is 0 Å². The van der Waals surface area contributed by atoms with Crippen LogP contribution in [0.2, 0.25) is 0 Å². The lowest BCUT2D eigenvalue weighted by Gasteiger charge is -2.26. The predicted molar refractivity (Wildman–Crippen MR) is 67.4 cm³/mol. The van der Waals surface area contributed by atoms with Crippen LogP contribution in [-0.2, 0) is 11.2 Å². The van der Waals surface area contributed by atoms with Crippen LogP contribution < -0.4 is 10.1 Å². The standard InChI is InChI=1S/C13H19NO4/c1-13(8-15,9-16)14-12(17)7-10-5-3-4-6-11(10)18-2/h3-6,15-16H,7-9H2,1-2H3,(H,14,17). The molecule has 3 N–H and O–H groups in total. The molecule has 1 aromatic rings. The Kier molecular flexibility index (Phi) is 5.12. The number of aliphatic hydroxyl groups is 2. The molecule has 0 aromatic heterocycles. The van der Waals surface area contributed by atoms with Crippen LogP contribution in [0.15, 0.2) is 24.3 Å². The van der Waals surface area contributed by atoms with Gasteiger partial charge in [0.1, 0.15) is 5.75 Å². The highest BCUT2D eigenvalue weighted by molar-refractivity contribution is 5.80. The maximum atomic E-state index is 11.8. The van der Waals surface area contributed by atoms with Gasteiger partial charge >= 0.3 is 0 Å². The zero-order valence-electron chi connectivity index (χ0n) is 10.6. The molecule has 0 atom stereocenters. The van der Waals surface area contributed by atoms with Gasteiger partial charge in [0.25, 0.3) is 0 Å². The first-order chi connectivity index (χ1) is 8.54. The van der Waals surface area contributed by atoms with Crippen molar-refractivity contribution in [3.8, 4) is 5.75 Å². The number of ether oxygens (including phenoxy) is 1. The summed E-state index contributed by atoms with van der Waals surface area (Å²) in [5.41, 5.74) is -0.241. The first kappa shape index (κ1) is 14.5. The monoisotopic (exact) mass is 253 g/mol. The molecule has 1 amide bonds. The Bertz CT molecular complexity index is 402. The summed E-state index contributed by atoms with van der Waals surface area (Å²) < 4.78 is 5.15. The molecule has 0 aliphatic heterocycles. The fourth-order valence-electron chi connectivity index (χ4n) is 1.53. The van der Waals surface area contributed by atoms with E-state index in [0.29, 0.717) is 5.75 Å². The Morgan fingerprint density at radius 2 is 1.94 bits per heavy atom. The third-order valence-electron chi connectivity index (χ3n) is 2.68. The Hall–Kier alpha value is -1.59. The number of hydrogen-bond donors (Lipinski definition) is 3. The van der Waals surface area contributed by atoms with Crippen molar-refractivity contribution in [1.82, 2.24) is 5.32 Å². The minimum absolute atomic E-state index is 0.138. The number of carbonyl (C=O) groups is 1. The lowest BCUT2D eigenvalue weighted by molar-refractivity contribution is -0.123. The molecule has 0 radical (unpaired) electrons. The molecule has 100 valence electrons. The van der Waals surface area contributed by atoms with E-state index in [2.05, 4.69) is 5.32 Å². The molecule has 0 fully saturated rings. The number of hydrogen-bond acceptors (Lipinski definition) is 4. The van der Waals surface area contributed by atoms with E-state index in [0.717, 1.165) is 5.56 Å². The van der Waals surface area contributed by atoms with Gasteiger partial charge in [-0.05, 0) is 13.0 Å². The van der Waals surface area contributed by atoms with Crippen LogP contribution in [0.4, 0.5) is 0 Å². The smallest absolute Gasteiger partial charge is 0.225 e. The molecular weight excluding hydrogens is 234 g/mol. The van der Waals surface area contributed by atoms with Gasteiger partial charge in [-0.2, -0.15) is 0 Å². The maximum Gasteiger partial charge on any atom is 0.225 e. The number of benzene rings is 1. The van der Waals surface area contributed by atoms with Crippen molar-refractivity contribution in [2.75, 3.05) is 20.3 Å². The quantitative estimate of drug-likeness (QED) is 0.671. The van der Waals surface area contributed by atoms with Crippen LogP contribution in [0.25, 0.3) is 0 Å². The molecule has 0 spiro atoms. The summed E-state index contributed by atoms with van der Waals surface area (Å²) in [6.07, 6.45) is 0.138. The number of nitrogens with one attached hydrogen (secondary N) is 1. The molecule has 1 rings (SSSR count). The third-order valence-corrected chi connectivity index (χ3v) is 2.68. The van der Waals surface area contributed by atoms with Gasteiger partial charge in [0, 0.05) is 5.56 Å². The number of rotatable bonds is 6. The van der Waals surface area contributed by atoms with Gasteiger partial charge in [-0.25, -0.2) is 0 Å². The molecular formula is C13H19NO4. The summed E-state index contributed by atoms with van der Waals surface area (Å²) in [5, 5.41) is 20.8. The van der Waals surface area contributed by atoms with E-state index >= 15 is 0 Å². The van der Waals surface area contributed by atoms with Crippen LogP contribution in [0.5, 0.6) is 5.75 Å². The summed E-state index contributed by atoms with van der Waals surface area (Å²) in [7, 11) is 1.54. The van der Waals surface area contributed by atoms with Crippen molar-refractivity contribution in [3.63, 3.8) is 0 Å². The van der Waals surface area contributed by atoms with Crippen LogP contribution in [0, 0.1) is 0 Å². The average Bonchev–Trinajstić information content (AvgIpc) is 2.39. The number of para-hydroxylation sites is 1. The molecule has 1 aromatic carbocycles. The van der Waals surface area contributed by atoms with Gasteiger partial charge in [0.05, 0.1) is 32.3 Å². The van der Waals surface area contributed by atoms with Gasteiger partial charge in [0.2, 0.25) is 5.91 Å². The van der Waals surface area contributed by atoms with E-state index in [1.165, 1.54) is 0 Å². The van der Waals surface area contributed by atoms with E-state index in [4.69, 9.17) is 14.9 Å². The fourth-order valence-corrected chi connectivity index (χ4v) is 1.53. The number of methoxy groups -OCH3 is 1. The predicted octanol–water partition coefficient (Wildman–Crippen LogP) is 0.0972. The molecule has 0 heterocycles. The number of aliphatic hydroxyl groups excluding tert-OH is 2. The highest BCUT2D eigenvalue weighted by Crippen LogP contribution is 2.17. The SMILES string of the molecule is COc1ccccc1CC(=O)NC(C)(CO)CO. The second kappa shape index (κ2) is 6.37. The molecule has 0 unspecified atom stereocenters. The molecule has 0 aliphatic carbocycles. The summed E-state index contributed by atoms with van der Waals surface area (Å²) in [5.74, 6) is 0.368. The summed E-state index contributed by atoms with van der Waals surface area (Å²) >= 11 is 0. The molecule has 0 aliphatic rings. The number of carbonyl (C=O) groups excluding carboxylic acids is 1. The van der Waals surface area contributed by atoms with Gasteiger partial charge in [-0.1, -0.05) is 18.2 Å². The van der Waals surface area contributed by atoms with Crippen molar-refractivity contribution >= 4 is 5.91 Å². The summed E-state index contributed by atoms with van der Waals surface area (Å²) in [6, 6.07) is 7.22. The zero-order chi connectivity index (χ0) is 13.6. The summed E-state index contributed by atoms with van der Waals surface area (Å²) in [6.45, 7) is 0.940. The minimum Gasteiger partial charge on any atom is -0.496 e. The second-order valence-electron chi connectivity index (χ2n) is 4.41. The largest absolute Gasteiger partial charge is 0.496 e. The fraction of sp³-hybridized carbons (Fsp3) is 0.462. The lowest BCUT2D eigenvalue weighted by Crippen LogP contribution is -2.52. The molecule has 5 nitrogen and oxygen atoms in total. The Morgan fingerprint density at radius 1 is 1.33 bits per heavy atom. The van der Waals surface area contributed by atoms with Gasteiger partial charge in [0.15, 0.2) is 0 Å². The van der Waals surface area contributed by atoms with Gasteiger partial charge < -0.3 is 20.3 Å². The maximum absolute atomic E-state index is 11.8. The van der Waals surface area contributed by atoms with E-state index in [9.17, 15) is 4.79 Å². The Balaban J connectivity index is 2.70. The van der Waals surface area contributed by atoms with Crippen LogP contribution in [0.1, 0.15) is 12.5 Å². The zero-order valence-corrected chi connectivity index (χ0v) is 10.6.